The van der Waals surface area contributed by atoms with Gasteiger partial charge in [-0.15, -0.1) is 0 Å². The standard InChI is InChI=1S/C24H29NO4/c1-4-5-6-7-16-28-21-14-10-20(11-15-21)24(27)29-22-12-8-19(9-13-22)17-25-23(26)18(2)3/h8-15H,2,4-7,16-17H2,1,3H3,(H,25,26). The van der Waals surface area contributed by atoms with Crippen LogP contribution in [0.15, 0.2) is 60.7 Å². The van der Waals surface area contributed by atoms with Gasteiger partial charge in [-0.1, -0.05) is 44.9 Å². The van der Waals surface area contributed by atoms with Crippen LogP contribution in [0.3, 0.4) is 0 Å². The van der Waals surface area contributed by atoms with Crippen LogP contribution < -0.4 is 14.8 Å². The van der Waals surface area contributed by atoms with Crippen LogP contribution in [0.25, 0.3) is 0 Å². The SMILES string of the molecule is C=C(C)C(=O)NCc1ccc(OC(=O)c2ccc(OCCCCCC)cc2)cc1. The lowest BCUT2D eigenvalue weighted by atomic mass is 10.2. The van der Waals surface area contributed by atoms with E-state index in [0.717, 1.165) is 17.7 Å². The smallest absolute Gasteiger partial charge is 0.343 e. The number of esters is 1. The molecule has 0 spiro atoms. The number of hydrogen-bond donors (Lipinski definition) is 1. The fourth-order valence-corrected chi connectivity index (χ4v) is 2.58. The molecule has 2 aromatic carbocycles. The van der Waals surface area contributed by atoms with E-state index in [2.05, 4.69) is 18.8 Å². The lowest BCUT2D eigenvalue weighted by molar-refractivity contribution is -0.117. The van der Waals surface area contributed by atoms with E-state index in [1.165, 1.54) is 19.3 Å². The summed E-state index contributed by atoms with van der Waals surface area (Å²) in [6.07, 6.45) is 4.62. The summed E-state index contributed by atoms with van der Waals surface area (Å²) in [6, 6.07) is 14.0. The number of nitrogens with one attached hydrogen (secondary N) is 1. The topological polar surface area (TPSA) is 64.6 Å². The zero-order valence-corrected chi connectivity index (χ0v) is 17.2. The quantitative estimate of drug-likeness (QED) is 0.250. The maximum atomic E-state index is 12.3. The van der Waals surface area contributed by atoms with Gasteiger partial charge in [0, 0.05) is 12.1 Å². The Morgan fingerprint density at radius 1 is 0.931 bits per heavy atom. The molecule has 154 valence electrons. The molecule has 0 fully saturated rings. The van der Waals surface area contributed by atoms with Crippen molar-refractivity contribution in [2.75, 3.05) is 6.61 Å². The first-order chi connectivity index (χ1) is 14.0. The van der Waals surface area contributed by atoms with Crippen LogP contribution >= 0.6 is 0 Å². The van der Waals surface area contributed by atoms with Crippen LogP contribution in [0.4, 0.5) is 0 Å². The van der Waals surface area contributed by atoms with Gasteiger partial charge in [0.05, 0.1) is 12.2 Å². The lowest BCUT2D eigenvalue weighted by Crippen LogP contribution is -2.22. The van der Waals surface area contributed by atoms with Gasteiger partial charge in [0.15, 0.2) is 0 Å². The summed E-state index contributed by atoms with van der Waals surface area (Å²) in [5.41, 5.74) is 1.82. The van der Waals surface area contributed by atoms with Crippen LogP contribution in [0.5, 0.6) is 11.5 Å². The van der Waals surface area contributed by atoms with E-state index in [9.17, 15) is 9.59 Å². The largest absolute Gasteiger partial charge is 0.494 e. The maximum absolute atomic E-state index is 12.3. The van der Waals surface area contributed by atoms with Crippen molar-refractivity contribution in [3.63, 3.8) is 0 Å². The number of hydrogen-bond acceptors (Lipinski definition) is 4. The zero-order valence-electron chi connectivity index (χ0n) is 17.2. The van der Waals surface area contributed by atoms with Gasteiger partial charge >= 0.3 is 5.97 Å². The third kappa shape index (κ3) is 7.82. The summed E-state index contributed by atoms with van der Waals surface area (Å²) in [5, 5.41) is 2.76. The van der Waals surface area contributed by atoms with Gasteiger partial charge < -0.3 is 14.8 Å². The monoisotopic (exact) mass is 395 g/mol. The molecule has 0 aliphatic heterocycles. The molecular weight excluding hydrogens is 366 g/mol. The van der Waals surface area contributed by atoms with Gasteiger partial charge in [-0.05, 0) is 55.3 Å². The van der Waals surface area contributed by atoms with E-state index in [1.807, 2.05) is 0 Å². The Morgan fingerprint density at radius 3 is 2.21 bits per heavy atom. The van der Waals surface area contributed by atoms with E-state index >= 15 is 0 Å². The van der Waals surface area contributed by atoms with Gasteiger partial charge in [-0.3, -0.25) is 4.79 Å². The Labute approximate surface area is 172 Å². The highest BCUT2D eigenvalue weighted by Crippen LogP contribution is 2.17. The molecule has 0 unspecified atom stereocenters. The van der Waals surface area contributed by atoms with E-state index in [0.29, 0.717) is 30.0 Å². The molecule has 0 aliphatic carbocycles. The minimum atomic E-state index is -0.428. The van der Waals surface area contributed by atoms with Gasteiger partial charge in [0.1, 0.15) is 11.5 Å². The Morgan fingerprint density at radius 2 is 1.59 bits per heavy atom. The van der Waals surface area contributed by atoms with Crippen LogP contribution in [0, 0.1) is 0 Å². The molecule has 5 heteroatoms. The molecule has 5 nitrogen and oxygen atoms in total. The highest BCUT2D eigenvalue weighted by Gasteiger charge is 2.09. The van der Waals surface area contributed by atoms with Crippen molar-refractivity contribution in [1.82, 2.24) is 5.32 Å². The van der Waals surface area contributed by atoms with Gasteiger partial charge in [-0.2, -0.15) is 0 Å². The zero-order chi connectivity index (χ0) is 21.1. The molecule has 0 atom stereocenters. The molecule has 0 saturated carbocycles. The summed E-state index contributed by atoms with van der Waals surface area (Å²) < 4.78 is 11.1. The van der Waals surface area contributed by atoms with Crippen molar-refractivity contribution in [2.24, 2.45) is 0 Å². The van der Waals surface area contributed by atoms with Gasteiger partial charge in [0.2, 0.25) is 5.91 Å². The lowest BCUT2D eigenvalue weighted by Gasteiger charge is -2.08. The first-order valence-electron chi connectivity index (χ1n) is 9.97. The second-order valence-corrected chi connectivity index (χ2v) is 6.93. The van der Waals surface area contributed by atoms with E-state index < -0.39 is 5.97 Å². The number of ether oxygens (including phenoxy) is 2. The fourth-order valence-electron chi connectivity index (χ4n) is 2.58. The fraction of sp³-hybridized carbons (Fsp3) is 0.333. The Kier molecular flexibility index (Phi) is 8.96. The van der Waals surface area contributed by atoms with Crippen molar-refractivity contribution in [2.45, 2.75) is 46.1 Å². The predicted octanol–water partition coefficient (Wildman–Crippen LogP) is 5.06. The Balaban J connectivity index is 1.81. The van der Waals surface area contributed by atoms with Crippen molar-refractivity contribution < 1.29 is 19.1 Å². The third-order valence-corrected chi connectivity index (χ3v) is 4.33. The average molecular weight is 395 g/mol. The number of carbonyl (C=O) groups is 2. The molecular formula is C24H29NO4. The maximum Gasteiger partial charge on any atom is 0.343 e. The second-order valence-electron chi connectivity index (χ2n) is 6.93. The first-order valence-corrected chi connectivity index (χ1v) is 9.97. The number of amides is 1. The Hall–Kier alpha value is -3.08. The summed E-state index contributed by atoms with van der Waals surface area (Å²) in [5.74, 6) is 0.581. The summed E-state index contributed by atoms with van der Waals surface area (Å²) in [7, 11) is 0. The normalized spacial score (nSPS) is 10.3. The second kappa shape index (κ2) is 11.7. The summed E-state index contributed by atoms with van der Waals surface area (Å²) in [6.45, 7) is 8.50. The minimum absolute atomic E-state index is 0.186. The number of unbranched alkanes of at least 4 members (excludes halogenated alkanes) is 3. The molecule has 1 amide bonds. The van der Waals surface area contributed by atoms with Crippen LogP contribution in [-0.4, -0.2) is 18.5 Å². The van der Waals surface area contributed by atoms with Crippen molar-refractivity contribution >= 4 is 11.9 Å². The molecule has 1 N–H and O–H groups in total. The van der Waals surface area contributed by atoms with Crippen molar-refractivity contribution in [3.8, 4) is 11.5 Å². The predicted molar refractivity (Wildman–Crippen MR) is 114 cm³/mol. The van der Waals surface area contributed by atoms with E-state index in [4.69, 9.17) is 9.47 Å². The first kappa shape index (κ1) is 22.2. The average Bonchev–Trinajstić information content (AvgIpc) is 2.73. The molecule has 0 radical (unpaired) electrons. The van der Waals surface area contributed by atoms with Crippen LogP contribution in [-0.2, 0) is 11.3 Å². The van der Waals surface area contributed by atoms with Crippen molar-refractivity contribution in [1.29, 1.82) is 0 Å². The Bertz CT molecular complexity index is 810. The number of benzene rings is 2. The van der Waals surface area contributed by atoms with E-state index in [1.54, 1.807) is 55.5 Å². The molecule has 0 heterocycles. The van der Waals surface area contributed by atoms with E-state index in [-0.39, 0.29) is 5.91 Å². The summed E-state index contributed by atoms with van der Waals surface area (Å²) in [4.78, 5) is 23.8. The number of carbonyl (C=O) groups excluding carboxylic acids is 2. The summed E-state index contributed by atoms with van der Waals surface area (Å²) >= 11 is 0. The molecule has 0 bridgehead atoms. The van der Waals surface area contributed by atoms with Crippen LogP contribution in [0.2, 0.25) is 0 Å². The highest BCUT2D eigenvalue weighted by molar-refractivity contribution is 5.92. The molecule has 0 aromatic heterocycles. The molecule has 29 heavy (non-hydrogen) atoms. The van der Waals surface area contributed by atoms with Gasteiger partial charge in [0.25, 0.3) is 0 Å². The molecule has 0 aliphatic rings. The highest BCUT2D eigenvalue weighted by atomic mass is 16.5. The molecule has 2 aromatic rings. The minimum Gasteiger partial charge on any atom is -0.494 e. The number of rotatable bonds is 11. The molecule has 2 rings (SSSR count). The van der Waals surface area contributed by atoms with Crippen molar-refractivity contribution in [3.05, 3.63) is 71.8 Å². The third-order valence-electron chi connectivity index (χ3n) is 4.33. The molecule has 0 saturated heterocycles. The van der Waals surface area contributed by atoms with Gasteiger partial charge in [-0.25, -0.2) is 4.79 Å². The van der Waals surface area contributed by atoms with Crippen LogP contribution in [0.1, 0.15) is 55.5 Å².